The molecule has 1 heterocycles. The molecule has 2 aromatic rings. The number of nitrogens with zero attached hydrogens (tertiary/aromatic N) is 1. The SMILES string of the molecule is Cc1nc(-c2ccccc2F)sc1NN. The van der Waals surface area contributed by atoms with Crippen LogP contribution in [0.1, 0.15) is 5.69 Å². The summed E-state index contributed by atoms with van der Waals surface area (Å²) in [7, 11) is 0. The van der Waals surface area contributed by atoms with Crippen LogP contribution in [0.5, 0.6) is 0 Å². The third-order valence-electron chi connectivity index (χ3n) is 2.03. The molecule has 0 aliphatic rings. The fourth-order valence-corrected chi connectivity index (χ4v) is 2.18. The first kappa shape index (κ1) is 10.1. The van der Waals surface area contributed by atoms with Gasteiger partial charge in [0.1, 0.15) is 15.8 Å². The number of nitrogen functional groups attached to an aromatic ring is 1. The Kier molecular flexibility index (Phi) is 2.66. The molecule has 0 spiro atoms. The molecule has 0 aliphatic carbocycles. The van der Waals surface area contributed by atoms with Crippen LogP contribution in [0, 0.1) is 12.7 Å². The third-order valence-corrected chi connectivity index (χ3v) is 3.15. The van der Waals surface area contributed by atoms with Gasteiger partial charge in [-0.25, -0.2) is 15.2 Å². The van der Waals surface area contributed by atoms with E-state index in [0.29, 0.717) is 10.6 Å². The van der Waals surface area contributed by atoms with E-state index in [1.807, 2.05) is 6.92 Å². The predicted molar refractivity (Wildman–Crippen MR) is 60.1 cm³/mol. The Morgan fingerprint density at radius 2 is 2.13 bits per heavy atom. The van der Waals surface area contributed by atoms with Gasteiger partial charge in [-0.05, 0) is 19.1 Å². The summed E-state index contributed by atoms with van der Waals surface area (Å²) in [6, 6.07) is 6.56. The number of hydrazine groups is 1. The lowest BCUT2D eigenvalue weighted by molar-refractivity contribution is 0.631. The summed E-state index contributed by atoms with van der Waals surface area (Å²) in [5.74, 6) is 5.04. The molecule has 3 nitrogen and oxygen atoms in total. The van der Waals surface area contributed by atoms with E-state index in [1.54, 1.807) is 18.2 Å². The van der Waals surface area contributed by atoms with Gasteiger partial charge in [0.15, 0.2) is 0 Å². The largest absolute Gasteiger partial charge is 0.314 e. The molecule has 1 aromatic heterocycles. The van der Waals surface area contributed by atoms with E-state index in [4.69, 9.17) is 5.84 Å². The first-order valence-corrected chi connectivity index (χ1v) is 5.23. The Balaban J connectivity index is 2.50. The Morgan fingerprint density at radius 1 is 1.40 bits per heavy atom. The van der Waals surface area contributed by atoms with Gasteiger partial charge >= 0.3 is 0 Å². The molecule has 0 aliphatic heterocycles. The zero-order valence-electron chi connectivity index (χ0n) is 8.12. The van der Waals surface area contributed by atoms with Crippen LogP contribution in [0.4, 0.5) is 9.39 Å². The van der Waals surface area contributed by atoms with Crippen molar-refractivity contribution in [1.82, 2.24) is 4.98 Å². The van der Waals surface area contributed by atoms with Crippen molar-refractivity contribution in [3.63, 3.8) is 0 Å². The van der Waals surface area contributed by atoms with Gasteiger partial charge in [-0.3, -0.25) is 0 Å². The maximum atomic E-state index is 13.4. The molecule has 1 aromatic carbocycles. The van der Waals surface area contributed by atoms with Crippen LogP contribution < -0.4 is 11.3 Å². The van der Waals surface area contributed by atoms with Crippen molar-refractivity contribution in [2.45, 2.75) is 6.92 Å². The van der Waals surface area contributed by atoms with Gasteiger partial charge in [0.2, 0.25) is 0 Å². The number of aryl methyl sites for hydroxylation is 1. The zero-order chi connectivity index (χ0) is 10.8. The number of benzene rings is 1. The van der Waals surface area contributed by atoms with Crippen molar-refractivity contribution in [2.24, 2.45) is 5.84 Å². The molecule has 3 N–H and O–H groups in total. The van der Waals surface area contributed by atoms with Gasteiger partial charge < -0.3 is 5.43 Å². The predicted octanol–water partition coefficient (Wildman–Crippen LogP) is 2.54. The summed E-state index contributed by atoms with van der Waals surface area (Å²) >= 11 is 1.34. The average Bonchev–Trinajstić information content (AvgIpc) is 2.60. The normalized spacial score (nSPS) is 10.3. The number of halogens is 1. The van der Waals surface area contributed by atoms with Crippen LogP contribution in [-0.4, -0.2) is 4.98 Å². The molecule has 0 saturated heterocycles. The molecule has 0 saturated carbocycles. The highest BCUT2D eigenvalue weighted by molar-refractivity contribution is 7.19. The van der Waals surface area contributed by atoms with Crippen LogP contribution in [0.15, 0.2) is 24.3 Å². The van der Waals surface area contributed by atoms with E-state index >= 15 is 0 Å². The highest BCUT2D eigenvalue weighted by atomic mass is 32.1. The van der Waals surface area contributed by atoms with Crippen LogP contribution in [0.2, 0.25) is 0 Å². The quantitative estimate of drug-likeness (QED) is 0.607. The summed E-state index contributed by atoms with van der Waals surface area (Å²) < 4.78 is 13.4. The Labute approximate surface area is 90.7 Å². The van der Waals surface area contributed by atoms with Crippen LogP contribution in [0.3, 0.4) is 0 Å². The summed E-state index contributed by atoms with van der Waals surface area (Å²) in [5, 5.41) is 1.40. The van der Waals surface area contributed by atoms with Crippen molar-refractivity contribution in [1.29, 1.82) is 0 Å². The van der Waals surface area contributed by atoms with Crippen molar-refractivity contribution in [2.75, 3.05) is 5.43 Å². The molecule has 0 radical (unpaired) electrons. The van der Waals surface area contributed by atoms with E-state index in [9.17, 15) is 4.39 Å². The minimum atomic E-state index is -0.269. The standard InChI is InChI=1S/C10H10FN3S/c1-6-9(14-12)15-10(13-6)7-4-2-3-5-8(7)11/h2-5,14H,12H2,1H3. The van der Waals surface area contributed by atoms with Crippen LogP contribution in [0.25, 0.3) is 10.6 Å². The lowest BCUT2D eigenvalue weighted by Gasteiger charge is -1.96. The number of nitrogens with two attached hydrogens (primary N) is 1. The third kappa shape index (κ3) is 1.84. The van der Waals surface area contributed by atoms with Gasteiger partial charge in [0.05, 0.1) is 5.69 Å². The van der Waals surface area contributed by atoms with E-state index in [-0.39, 0.29) is 5.82 Å². The smallest absolute Gasteiger partial charge is 0.133 e. The first-order valence-electron chi connectivity index (χ1n) is 4.41. The summed E-state index contributed by atoms with van der Waals surface area (Å²) in [4.78, 5) is 4.25. The molecule has 2 rings (SSSR count). The summed E-state index contributed by atoms with van der Waals surface area (Å²) in [5.41, 5.74) is 3.82. The summed E-state index contributed by atoms with van der Waals surface area (Å²) in [6.45, 7) is 1.83. The number of hydrogen-bond acceptors (Lipinski definition) is 4. The van der Waals surface area contributed by atoms with Crippen molar-refractivity contribution >= 4 is 16.3 Å². The molecule has 0 unspecified atom stereocenters. The number of rotatable bonds is 2. The van der Waals surface area contributed by atoms with E-state index < -0.39 is 0 Å². The molecule has 0 atom stereocenters. The molecule has 5 heteroatoms. The lowest BCUT2D eigenvalue weighted by atomic mass is 10.2. The van der Waals surface area contributed by atoms with Gasteiger partial charge in [0, 0.05) is 5.56 Å². The maximum Gasteiger partial charge on any atom is 0.133 e. The number of thiazole rings is 1. The zero-order valence-corrected chi connectivity index (χ0v) is 8.94. The fourth-order valence-electron chi connectivity index (χ4n) is 1.28. The van der Waals surface area contributed by atoms with Crippen LogP contribution >= 0.6 is 11.3 Å². The number of nitrogens with one attached hydrogen (secondary N) is 1. The molecule has 0 amide bonds. The minimum absolute atomic E-state index is 0.269. The van der Waals surface area contributed by atoms with Crippen molar-refractivity contribution < 1.29 is 4.39 Å². The second kappa shape index (κ2) is 3.96. The van der Waals surface area contributed by atoms with Gasteiger partial charge in [0.25, 0.3) is 0 Å². The molecule has 78 valence electrons. The molecular formula is C10H10FN3S. The average molecular weight is 223 g/mol. The molecule has 15 heavy (non-hydrogen) atoms. The monoisotopic (exact) mass is 223 g/mol. The van der Waals surface area contributed by atoms with Gasteiger partial charge in [-0.1, -0.05) is 23.5 Å². The van der Waals surface area contributed by atoms with Crippen LogP contribution in [-0.2, 0) is 0 Å². The van der Waals surface area contributed by atoms with E-state index in [2.05, 4.69) is 10.4 Å². The topological polar surface area (TPSA) is 50.9 Å². The molecule has 0 fully saturated rings. The highest BCUT2D eigenvalue weighted by Crippen LogP contribution is 2.32. The Hall–Kier alpha value is -1.46. The second-order valence-electron chi connectivity index (χ2n) is 3.06. The van der Waals surface area contributed by atoms with E-state index in [1.165, 1.54) is 17.4 Å². The number of anilines is 1. The molecular weight excluding hydrogens is 213 g/mol. The second-order valence-corrected chi connectivity index (χ2v) is 4.06. The van der Waals surface area contributed by atoms with Crippen molar-refractivity contribution in [3.8, 4) is 10.6 Å². The highest BCUT2D eigenvalue weighted by Gasteiger charge is 2.11. The fraction of sp³-hybridized carbons (Fsp3) is 0.100. The maximum absolute atomic E-state index is 13.4. The number of hydrogen-bond donors (Lipinski definition) is 2. The Morgan fingerprint density at radius 3 is 2.73 bits per heavy atom. The van der Waals surface area contributed by atoms with Crippen molar-refractivity contribution in [3.05, 3.63) is 35.8 Å². The summed E-state index contributed by atoms with van der Waals surface area (Å²) in [6.07, 6.45) is 0. The Bertz CT molecular complexity index is 481. The minimum Gasteiger partial charge on any atom is -0.314 e. The molecule has 0 bridgehead atoms. The van der Waals surface area contributed by atoms with Gasteiger partial charge in [-0.15, -0.1) is 0 Å². The van der Waals surface area contributed by atoms with E-state index in [0.717, 1.165) is 10.7 Å². The number of aromatic nitrogens is 1. The lowest BCUT2D eigenvalue weighted by Crippen LogP contribution is -2.05. The van der Waals surface area contributed by atoms with Gasteiger partial charge in [-0.2, -0.15) is 0 Å². The first-order chi connectivity index (χ1) is 7.22.